The fourth-order valence-electron chi connectivity index (χ4n) is 3.98. The van der Waals surface area contributed by atoms with Gasteiger partial charge < -0.3 is 4.52 Å². The lowest BCUT2D eigenvalue weighted by atomic mass is 9.88. The first-order valence-electron chi connectivity index (χ1n) is 8.46. The minimum atomic E-state index is -4.16. The maximum Gasteiger partial charge on any atom is 0.528 e. The number of rotatable bonds is 0. The van der Waals surface area contributed by atoms with Crippen LogP contribution in [0.2, 0.25) is 0 Å². The van der Waals surface area contributed by atoms with E-state index in [2.05, 4.69) is 24.3 Å². The fraction of sp³-hybridized carbons (Fsp3) is 0.200. The van der Waals surface area contributed by atoms with Crippen LogP contribution in [-0.2, 0) is 9.09 Å². The normalized spacial score (nSPS) is 26.3. The van der Waals surface area contributed by atoms with Crippen molar-refractivity contribution in [3.63, 3.8) is 0 Å². The molecule has 0 aromatic heterocycles. The lowest BCUT2D eigenvalue weighted by Crippen LogP contribution is -2.39. The summed E-state index contributed by atoms with van der Waals surface area (Å²) in [5, 5.41) is 4.38. The highest BCUT2D eigenvalue weighted by molar-refractivity contribution is 7.47. The number of fused-ring (bicyclic) bond motifs is 6. The van der Waals surface area contributed by atoms with Crippen molar-refractivity contribution in [2.75, 3.05) is 0 Å². The Hall–Kier alpha value is -2.13. The Kier molecular flexibility index (Phi) is 3.29. The van der Waals surface area contributed by atoms with Gasteiger partial charge in [-0.25, -0.2) is 4.57 Å². The Morgan fingerprint density at radius 3 is 2.76 bits per heavy atom. The Bertz CT molecular complexity index is 1180. The predicted octanol–water partition coefficient (Wildman–Crippen LogP) is 1.30. The molecule has 1 aliphatic heterocycles. The molecule has 0 amide bonds. The molecular weight excluding hydrogens is 335 g/mol. The van der Waals surface area contributed by atoms with Crippen LogP contribution < -0.4 is 25.4 Å². The lowest BCUT2D eigenvalue weighted by molar-refractivity contribution is 0.179. The fourth-order valence-corrected chi connectivity index (χ4v) is 4.93. The van der Waals surface area contributed by atoms with Gasteiger partial charge in [0.2, 0.25) is 0 Å². The minimum Gasteiger partial charge on any atom is -0.403 e. The van der Waals surface area contributed by atoms with Crippen molar-refractivity contribution in [3.05, 3.63) is 62.8 Å². The Morgan fingerprint density at radius 1 is 1.00 bits per heavy atom. The van der Waals surface area contributed by atoms with E-state index < -0.39 is 13.9 Å². The van der Waals surface area contributed by atoms with Gasteiger partial charge in [0.1, 0.15) is 11.9 Å². The van der Waals surface area contributed by atoms with Crippen LogP contribution in [0.5, 0.6) is 5.75 Å². The highest BCUT2D eigenvalue weighted by Crippen LogP contribution is 2.51. The van der Waals surface area contributed by atoms with Crippen LogP contribution in [0.1, 0.15) is 24.8 Å². The van der Waals surface area contributed by atoms with Gasteiger partial charge in [-0.1, -0.05) is 48.6 Å². The largest absolute Gasteiger partial charge is 0.528 e. The molecule has 1 N–H and O–H groups in total. The molecule has 3 aliphatic rings. The van der Waals surface area contributed by atoms with Crippen LogP contribution in [0.15, 0.2) is 36.4 Å². The summed E-state index contributed by atoms with van der Waals surface area (Å²) in [6, 6.07) is 11.8. The molecule has 1 heterocycles. The number of benzene rings is 2. The summed E-state index contributed by atoms with van der Waals surface area (Å²) < 4.78 is 23.4. The molecule has 0 saturated heterocycles. The van der Waals surface area contributed by atoms with Crippen molar-refractivity contribution in [2.24, 2.45) is 0 Å². The Labute approximate surface area is 144 Å². The monoisotopic (exact) mass is 352 g/mol. The summed E-state index contributed by atoms with van der Waals surface area (Å²) in [5.41, 5.74) is 1.84. The first-order chi connectivity index (χ1) is 12.1. The van der Waals surface area contributed by atoms with E-state index in [1.54, 1.807) is 6.07 Å². The van der Waals surface area contributed by atoms with Gasteiger partial charge in [-0.15, -0.1) is 0 Å². The van der Waals surface area contributed by atoms with E-state index in [1.807, 2.05) is 24.3 Å². The van der Waals surface area contributed by atoms with E-state index in [9.17, 15) is 9.46 Å². The van der Waals surface area contributed by atoms with E-state index in [0.717, 1.165) is 44.9 Å². The molecule has 25 heavy (non-hydrogen) atoms. The van der Waals surface area contributed by atoms with Crippen molar-refractivity contribution < 1.29 is 18.5 Å². The van der Waals surface area contributed by atoms with E-state index in [-0.39, 0.29) is 0 Å². The minimum absolute atomic E-state index is 0.422. The first-order valence-corrected chi connectivity index (χ1v) is 9.96. The van der Waals surface area contributed by atoms with Gasteiger partial charge >= 0.3 is 7.82 Å². The molecule has 4 nitrogen and oxygen atoms in total. The topological polar surface area (TPSA) is 55.8 Å². The van der Waals surface area contributed by atoms with Gasteiger partial charge in [0.25, 0.3) is 0 Å². The van der Waals surface area contributed by atoms with Crippen LogP contribution in [0.3, 0.4) is 0 Å². The number of phosphoric acid groups is 1. The molecule has 2 unspecified atom stereocenters. The standard InChI is InChI=1S/C20H17O4P/c21-25(22)23-17-11-9-13-5-1-3-7-15(13)19(17)20-16-8-4-2-6-14(16)10-12-18(20)24-25/h1,3,5-10,12,17H,2,4,11H2,(H,21,22). The van der Waals surface area contributed by atoms with E-state index in [1.165, 1.54) is 0 Å². The number of hydrogen-bond donors (Lipinski definition) is 1. The zero-order valence-corrected chi connectivity index (χ0v) is 14.4. The second-order valence-electron chi connectivity index (χ2n) is 6.52. The molecule has 5 heteroatoms. The van der Waals surface area contributed by atoms with Crippen LogP contribution >= 0.6 is 7.82 Å². The average Bonchev–Trinajstić information content (AvgIpc) is 2.73. The van der Waals surface area contributed by atoms with Crippen molar-refractivity contribution in [1.29, 1.82) is 0 Å². The van der Waals surface area contributed by atoms with Crippen molar-refractivity contribution in [2.45, 2.75) is 25.4 Å². The van der Waals surface area contributed by atoms with Gasteiger partial charge in [-0.05, 0) is 46.2 Å². The van der Waals surface area contributed by atoms with Gasteiger partial charge in [-0.3, -0.25) is 9.42 Å². The van der Waals surface area contributed by atoms with Crippen LogP contribution in [-0.4, -0.2) is 11.0 Å². The summed E-state index contributed by atoms with van der Waals surface area (Å²) in [5.74, 6) is 0.422. The summed E-state index contributed by atoms with van der Waals surface area (Å²) in [6.45, 7) is 0. The van der Waals surface area contributed by atoms with Gasteiger partial charge in [0, 0.05) is 11.1 Å². The first kappa shape index (κ1) is 15.2. The van der Waals surface area contributed by atoms with Crippen molar-refractivity contribution in [1.82, 2.24) is 0 Å². The Morgan fingerprint density at radius 2 is 1.84 bits per heavy atom. The zero-order valence-electron chi connectivity index (χ0n) is 13.5. The highest BCUT2D eigenvalue weighted by Gasteiger charge is 2.37. The van der Waals surface area contributed by atoms with Crippen LogP contribution in [0, 0.1) is 0 Å². The molecule has 2 atom stereocenters. The highest BCUT2D eigenvalue weighted by atomic mass is 31.2. The third kappa shape index (κ3) is 2.41. The average molecular weight is 352 g/mol. The van der Waals surface area contributed by atoms with E-state index >= 15 is 0 Å². The second kappa shape index (κ2) is 5.43. The summed E-state index contributed by atoms with van der Waals surface area (Å²) in [6.07, 6.45) is 8.46. The zero-order chi connectivity index (χ0) is 17.0. The van der Waals surface area contributed by atoms with Gasteiger partial charge in [0.05, 0.1) is 0 Å². The van der Waals surface area contributed by atoms with E-state index in [4.69, 9.17) is 9.05 Å². The summed E-state index contributed by atoms with van der Waals surface area (Å²) in [7, 11) is -4.16. The van der Waals surface area contributed by atoms with Crippen molar-refractivity contribution in [3.8, 4) is 5.75 Å². The molecule has 2 aromatic carbocycles. The number of hydrogen-bond acceptors (Lipinski definition) is 3. The molecule has 5 rings (SSSR count). The third-order valence-electron chi connectivity index (χ3n) is 4.99. The van der Waals surface area contributed by atoms with Crippen molar-refractivity contribution >= 4 is 31.6 Å². The molecule has 0 bridgehead atoms. The quantitative estimate of drug-likeness (QED) is 0.727. The van der Waals surface area contributed by atoms with E-state index in [0.29, 0.717) is 12.2 Å². The van der Waals surface area contributed by atoms with Crippen LogP contribution in [0.4, 0.5) is 0 Å². The number of phosphoric ester groups is 1. The molecule has 2 aliphatic carbocycles. The molecule has 0 spiro atoms. The predicted molar refractivity (Wildman–Crippen MR) is 96.5 cm³/mol. The smallest absolute Gasteiger partial charge is 0.403 e. The van der Waals surface area contributed by atoms with Gasteiger partial charge in [0.15, 0.2) is 0 Å². The summed E-state index contributed by atoms with van der Waals surface area (Å²) >= 11 is 0. The second-order valence-corrected chi connectivity index (χ2v) is 7.85. The Balaban J connectivity index is 2.00. The van der Waals surface area contributed by atoms with Gasteiger partial charge in [-0.2, -0.15) is 0 Å². The summed E-state index contributed by atoms with van der Waals surface area (Å²) in [4.78, 5) is 10.2. The molecule has 0 saturated carbocycles. The molecule has 126 valence electrons. The molecule has 2 aromatic rings. The third-order valence-corrected chi connectivity index (χ3v) is 5.94. The molecule has 0 fully saturated rings. The molecular formula is C20H17O4P. The SMILES string of the molecule is O=P1(O)Oc2ccc3c(c2C2=c4ccccc4=CCC2O1)=CCCC=3. The van der Waals surface area contributed by atoms with Crippen LogP contribution in [0.25, 0.3) is 23.8 Å². The lowest BCUT2D eigenvalue weighted by Gasteiger charge is -2.21. The maximum absolute atomic E-state index is 12.4. The maximum atomic E-state index is 12.4. The molecule has 0 radical (unpaired) electrons.